The Balaban J connectivity index is 2.52. The van der Waals surface area contributed by atoms with Gasteiger partial charge in [-0.3, -0.25) is 0 Å². The quantitative estimate of drug-likeness (QED) is 0.545. The van der Waals surface area contributed by atoms with Gasteiger partial charge in [0.25, 0.3) is 0 Å². The number of benzene rings is 1. The molecule has 0 fully saturated rings. The summed E-state index contributed by atoms with van der Waals surface area (Å²) in [6.07, 6.45) is 7.72. The standard InChI is InChI=1S/C13H15ClO/c1-3-5-6-9-15-12-7-8-13(14)11(4-2)10-12/h1,7-8,10H,4-6,9H2,2H3. The Morgan fingerprint density at radius 1 is 1.47 bits per heavy atom. The van der Waals surface area contributed by atoms with Gasteiger partial charge in [-0.15, -0.1) is 12.3 Å². The second-order valence-corrected chi connectivity index (χ2v) is 3.67. The summed E-state index contributed by atoms with van der Waals surface area (Å²) in [4.78, 5) is 0. The van der Waals surface area contributed by atoms with Crippen molar-refractivity contribution in [3.8, 4) is 18.1 Å². The summed E-state index contributed by atoms with van der Waals surface area (Å²) in [6.45, 7) is 2.73. The van der Waals surface area contributed by atoms with Crippen LogP contribution in [0.3, 0.4) is 0 Å². The van der Waals surface area contributed by atoms with Crippen LogP contribution in [0.2, 0.25) is 5.02 Å². The molecule has 0 aromatic heterocycles. The second kappa shape index (κ2) is 6.37. The number of ether oxygens (including phenoxy) is 1. The van der Waals surface area contributed by atoms with E-state index in [1.54, 1.807) is 0 Å². The molecule has 0 saturated heterocycles. The lowest BCUT2D eigenvalue weighted by atomic mass is 10.1. The minimum absolute atomic E-state index is 0.662. The lowest BCUT2D eigenvalue weighted by molar-refractivity contribution is 0.312. The highest BCUT2D eigenvalue weighted by Gasteiger charge is 2.00. The van der Waals surface area contributed by atoms with Crippen LogP contribution in [-0.4, -0.2) is 6.61 Å². The van der Waals surface area contributed by atoms with E-state index >= 15 is 0 Å². The number of unbranched alkanes of at least 4 members (excludes halogenated alkanes) is 1. The molecule has 1 nitrogen and oxygen atoms in total. The first-order valence-corrected chi connectivity index (χ1v) is 5.50. The molecule has 0 bridgehead atoms. The Kier molecular flexibility index (Phi) is 5.07. The average Bonchev–Trinajstić information content (AvgIpc) is 2.26. The molecular weight excluding hydrogens is 208 g/mol. The molecule has 0 amide bonds. The summed E-state index contributed by atoms with van der Waals surface area (Å²) in [7, 11) is 0. The maximum absolute atomic E-state index is 6.00. The monoisotopic (exact) mass is 222 g/mol. The van der Waals surface area contributed by atoms with E-state index in [9.17, 15) is 0 Å². The van der Waals surface area contributed by atoms with E-state index in [4.69, 9.17) is 22.8 Å². The lowest BCUT2D eigenvalue weighted by Gasteiger charge is -2.07. The fraction of sp³-hybridized carbons (Fsp3) is 0.385. The third kappa shape index (κ3) is 3.85. The van der Waals surface area contributed by atoms with Crippen LogP contribution in [0.1, 0.15) is 25.3 Å². The predicted octanol–water partition coefficient (Wildman–Crippen LogP) is 3.69. The molecule has 0 aliphatic rings. The van der Waals surface area contributed by atoms with Crippen LogP contribution in [0.4, 0.5) is 0 Å². The number of hydrogen-bond donors (Lipinski definition) is 0. The van der Waals surface area contributed by atoms with E-state index in [1.807, 2.05) is 18.2 Å². The van der Waals surface area contributed by atoms with Crippen molar-refractivity contribution in [2.75, 3.05) is 6.61 Å². The highest BCUT2D eigenvalue weighted by molar-refractivity contribution is 6.31. The molecule has 0 atom stereocenters. The van der Waals surface area contributed by atoms with Crippen molar-refractivity contribution in [2.24, 2.45) is 0 Å². The zero-order chi connectivity index (χ0) is 11.1. The summed E-state index contributed by atoms with van der Waals surface area (Å²) >= 11 is 6.00. The number of aryl methyl sites for hydroxylation is 1. The molecule has 80 valence electrons. The summed E-state index contributed by atoms with van der Waals surface area (Å²) in [5.41, 5.74) is 1.12. The Labute approximate surface area is 96.4 Å². The van der Waals surface area contributed by atoms with Gasteiger partial charge >= 0.3 is 0 Å². The third-order valence-electron chi connectivity index (χ3n) is 2.13. The van der Waals surface area contributed by atoms with Crippen LogP contribution in [0, 0.1) is 12.3 Å². The van der Waals surface area contributed by atoms with Crippen LogP contribution < -0.4 is 4.74 Å². The Bertz CT molecular complexity index is 352. The topological polar surface area (TPSA) is 9.23 Å². The van der Waals surface area contributed by atoms with Gasteiger partial charge < -0.3 is 4.74 Å². The van der Waals surface area contributed by atoms with E-state index in [0.29, 0.717) is 6.61 Å². The molecule has 1 aromatic rings. The van der Waals surface area contributed by atoms with Gasteiger partial charge in [-0.25, -0.2) is 0 Å². The Morgan fingerprint density at radius 2 is 2.27 bits per heavy atom. The van der Waals surface area contributed by atoms with Crippen LogP contribution in [0.15, 0.2) is 18.2 Å². The molecule has 15 heavy (non-hydrogen) atoms. The smallest absolute Gasteiger partial charge is 0.119 e. The van der Waals surface area contributed by atoms with Crippen molar-refractivity contribution >= 4 is 11.6 Å². The summed E-state index contributed by atoms with van der Waals surface area (Å²) in [6, 6.07) is 5.74. The van der Waals surface area contributed by atoms with Gasteiger partial charge in [0.2, 0.25) is 0 Å². The molecular formula is C13H15ClO. The molecule has 1 aromatic carbocycles. The Hall–Kier alpha value is -1.13. The van der Waals surface area contributed by atoms with Crippen molar-refractivity contribution in [3.05, 3.63) is 28.8 Å². The second-order valence-electron chi connectivity index (χ2n) is 3.26. The fourth-order valence-electron chi connectivity index (χ4n) is 1.28. The first-order valence-electron chi connectivity index (χ1n) is 5.12. The van der Waals surface area contributed by atoms with Crippen molar-refractivity contribution in [3.63, 3.8) is 0 Å². The highest BCUT2D eigenvalue weighted by atomic mass is 35.5. The summed E-state index contributed by atoms with van der Waals surface area (Å²) < 4.78 is 5.55. The summed E-state index contributed by atoms with van der Waals surface area (Å²) in [5, 5.41) is 0.800. The number of halogens is 1. The lowest BCUT2D eigenvalue weighted by Crippen LogP contribution is -1.97. The molecule has 0 spiro atoms. The fourth-order valence-corrected chi connectivity index (χ4v) is 1.53. The van der Waals surface area contributed by atoms with Crippen molar-refractivity contribution in [1.29, 1.82) is 0 Å². The molecule has 0 aliphatic carbocycles. The van der Waals surface area contributed by atoms with Gasteiger partial charge in [-0.05, 0) is 36.6 Å². The normalized spacial score (nSPS) is 9.67. The maximum atomic E-state index is 6.00. The van der Waals surface area contributed by atoms with Crippen LogP contribution in [0.5, 0.6) is 5.75 Å². The van der Waals surface area contributed by atoms with E-state index in [-0.39, 0.29) is 0 Å². The van der Waals surface area contributed by atoms with Crippen molar-refractivity contribution in [2.45, 2.75) is 26.2 Å². The van der Waals surface area contributed by atoms with Gasteiger partial charge in [-0.1, -0.05) is 18.5 Å². The molecule has 2 heteroatoms. The zero-order valence-corrected chi connectivity index (χ0v) is 9.68. The number of terminal acetylenes is 1. The van der Waals surface area contributed by atoms with Gasteiger partial charge in [0.15, 0.2) is 0 Å². The molecule has 0 N–H and O–H groups in total. The van der Waals surface area contributed by atoms with E-state index in [2.05, 4.69) is 12.8 Å². The van der Waals surface area contributed by atoms with Gasteiger partial charge in [0, 0.05) is 11.4 Å². The molecule has 0 unspecified atom stereocenters. The first kappa shape index (κ1) is 11.9. The predicted molar refractivity (Wildman–Crippen MR) is 64.4 cm³/mol. The van der Waals surface area contributed by atoms with Gasteiger partial charge in [-0.2, -0.15) is 0 Å². The van der Waals surface area contributed by atoms with Crippen LogP contribution >= 0.6 is 11.6 Å². The highest BCUT2D eigenvalue weighted by Crippen LogP contribution is 2.22. The summed E-state index contributed by atoms with van der Waals surface area (Å²) in [5.74, 6) is 3.45. The minimum Gasteiger partial charge on any atom is -0.494 e. The molecule has 1 rings (SSSR count). The Morgan fingerprint density at radius 3 is 2.93 bits per heavy atom. The van der Waals surface area contributed by atoms with E-state index in [1.165, 1.54) is 0 Å². The zero-order valence-electron chi connectivity index (χ0n) is 8.92. The SMILES string of the molecule is C#CCCCOc1ccc(Cl)c(CC)c1. The minimum atomic E-state index is 0.662. The average molecular weight is 223 g/mol. The largest absolute Gasteiger partial charge is 0.494 e. The molecule has 0 heterocycles. The molecule has 0 radical (unpaired) electrons. The van der Waals surface area contributed by atoms with Gasteiger partial charge in [0.1, 0.15) is 5.75 Å². The van der Waals surface area contributed by atoms with Crippen molar-refractivity contribution < 1.29 is 4.74 Å². The van der Waals surface area contributed by atoms with Crippen molar-refractivity contribution in [1.82, 2.24) is 0 Å². The molecule has 0 saturated carbocycles. The maximum Gasteiger partial charge on any atom is 0.119 e. The third-order valence-corrected chi connectivity index (χ3v) is 2.50. The van der Waals surface area contributed by atoms with Gasteiger partial charge in [0.05, 0.1) is 6.61 Å². The first-order chi connectivity index (χ1) is 7.27. The van der Waals surface area contributed by atoms with E-state index < -0.39 is 0 Å². The van der Waals surface area contributed by atoms with Crippen LogP contribution in [-0.2, 0) is 6.42 Å². The molecule has 0 aliphatic heterocycles. The number of hydrogen-bond acceptors (Lipinski definition) is 1. The number of rotatable bonds is 5. The van der Waals surface area contributed by atoms with E-state index in [0.717, 1.165) is 35.6 Å². The van der Waals surface area contributed by atoms with Crippen LogP contribution in [0.25, 0.3) is 0 Å².